The summed E-state index contributed by atoms with van der Waals surface area (Å²) in [6.45, 7) is 12.5. The fourth-order valence-electron chi connectivity index (χ4n) is 4.19. The normalized spacial score (nSPS) is 37.1. The summed E-state index contributed by atoms with van der Waals surface area (Å²) in [5.41, 5.74) is 0.829. The van der Waals surface area contributed by atoms with Crippen LogP contribution in [0.4, 0.5) is 0 Å². The first-order chi connectivity index (χ1) is 8.78. The minimum absolute atomic E-state index is 0.268. The van der Waals surface area contributed by atoms with E-state index >= 15 is 0 Å². The lowest BCUT2D eigenvalue weighted by Gasteiger charge is -2.46. The molecule has 1 heteroatoms. The zero-order chi connectivity index (χ0) is 14.1. The minimum atomic E-state index is 0.268. The third-order valence-corrected chi connectivity index (χ3v) is 5.75. The van der Waals surface area contributed by atoms with Crippen LogP contribution in [0.15, 0.2) is 0 Å². The summed E-state index contributed by atoms with van der Waals surface area (Å²) in [7, 11) is 0. The van der Waals surface area contributed by atoms with Gasteiger partial charge in [-0.25, -0.2) is 0 Å². The van der Waals surface area contributed by atoms with Gasteiger partial charge in [-0.1, -0.05) is 47.0 Å². The van der Waals surface area contributed by atoms with Crippen molar-refractivity contribution in [2.24, 2.45) is 22.7 Å². The number of hydrogen-bond acceptors (Lipinski definition) is 1. The minimum Gasteiger partial charge on any atom is -0.378 e. The third-order valence-electron chi connectivity index (χ3n) is 5.75. The van der Waals surface area contributed by atoms with Gasteiger partial charge in [0, 0.05) is 6.61 Å². The molecule has 0 aromatic rings. The average Bonchev–Trinajstić information content (AvgIpc) is 2.26. The molecule has 2 aliphatic rings. The Morgan fingerprint density at radius 1 is 1.16 bits per heavy atom. The SMILES string of the molecule is CC(OCCC1(C)CC2CCCC(C2)C1)C(C)(C)C. The Morgan fingerprint density at radius 2 is 1.74 bits per heavy atom. The van der Waals surface area contributed by atoms with Crippen molar-refractivity contribution >= 4 is 0 Å². The highest BCUT2D eigenvalue weighted by atomic mass is 16.5. The number of hydrogen-bond donors (Lipinski definition) is 0. The zero-order valence-electron chi connectivity index (χ0n) is 13.8. The molecule has 112 valence electrons. The van der Waals surface area contributed by atoms with Crippen molar-refractivity contribution < 1.29 is 4.74 Å². The lowest BCUT2D eigenvalue weighted by atomic mass is 9.60. The molecular weight excluding hydrogens is 232 g/mol. The summed E-state index contributed by atoms with van der Waals surface area (Å²) >= 11 is 0. The molecule has 0 N–H and O–H groups in total. The highest BCUT2D eigenvalue weighted by Crippen LogP contribution is 2.50. The Kier molecular flexibility index (Phi) is 4.65. The van der Waals surface area contributed by atoms with Gasteiger partial charge in [-0.05, 0) is 55.3 Å². The average molecular weight is 266 g/mol. The van der Waals surface area contributed by atoms with Gasteiger partial charge in [0.1, 0.15) is 0 Å². The van der Waals surface area contributed by atoms with Gasteiger partial charge >= 0.3 is 0 Å². The summed E-state index contributed by atoms with van der Waals surface area (Å²) in [5.74, 6) is 2.05. The fourth-order valence-corrected chi connectivity index (χ4v) is 4.19. The van der Waals surface area contributed by atoms with E-state index in [-0.39, 0.29) is 5.41 Å². The second-order valence-corrected chi connectivity index (χ2v) is 8.75. The van der Waals surface area contributed by atoms with E-state index in [4.69, 9.17) is 4.74 Å². The van der Waals surface area contributed by atoms with Crippen molar-refractivity contribution in [2.45, 2.75) is 85.7 Å². The Labute approximate surface area is 120 Å². The van der Waals surface area contributed by atoms with E-state index in [1.165, 1.54) is 44.9 Å². The van der Waals surface area contributed by atoms with E-state index in [0.717, 1.165) is 18.4 Å². The maximum absolute atomic E-state index is 6.10. The predicted octanol–water partition coefficient (Wildman–Crippen LogP) is 5.43. The van der Waals surface area contributed by atoms with Gasteiger partial charge < -0.3 is 4.74 Å². The Hall–Kier alpha value is -0.0400. The summed E-state index contributed by atoms with van der Waals surface area (Å²) in [4.78, 5) is 0. The van der Waals surface area contributed by atoms with Crippen molar-refractivity contribution in [1.29, 1.82) is 0 Å². The van der Waals surface area contributed by atoms with E-state index in [0.29, 0.717) is 11.5 Å². The van der Waals surface area contributed by atoms with Crippen LogP contribution in [0.2, 0.25) is 0 Å². The predicted molar refractivity (Wildman–Crippen MR) is 82.3 cm³/mol. The highest BCUT2D eigenvalue weighted by molar-refractivity contribution is 4.90. The van der Waals surface area contributed by atoms with Crippen LogP contribution >= 0.6 is 0 Å². The summed E-state index contributed by atoms with van der Waals surface area (Å²) in [5, 5.41) is 0. The molecule has 0 amide bonds. The monoisotopic (exact) mass is 266 g/mol. The molecule has 2 saturated carbocycles. The molecule has 0 heterocycles. The van der Waals surface area contributed by atoms with Crippen molar-refractivity contribution in [3.63, 3.8) is 0 Å². The molecule has 0 saturated heterocycles. The standard InChI is InChI=1S/C18H34O/c1-14(17(2,3)4)19-10-9-18(5)12-15-7-6-8-16(11-15)13-18/h14-16H,6-13H2,1-5H3. The van der Waals surface area contributed by atoms with Gasteiger partial charge in [-0.15, -0.1) is 0 Å². The first-order valence-corrected chi connectivity index (χ1v) is 8.40. The van der Waals surface area contributed by atoms with Crippen molar-refractivity contribution in [3.05, 3.63) is 0 Å². The maximum atomic E-state index is 6.10. The van der Waals surface area contributed by atoms with E-state index in [1.54, 1.807) is 0 Å². The molecule has 0 aromatic heterocycles. The lowest BCUT2D eigenvalue weighted by Crippen LogP contribution is -2.35. The van der Waals surface area contributed by atoms with Crippen LogP contribution < -0.4 is 0 Å². The molecule has 1 nitrogen and oxygen atoms in total. The van der Waals surface area contributed by atoms with Crippen LogP contribution in [-0.4, -0.2) is 12.7 Å². The fraction of sp³-hybridized carbons (Fsp3) is 1.00. The lowest BCUT2D eigenvalue weighted by molar-refractivity contribution is -0.0316. The molecular formula is C18H34O. The number of fused-ring (bicyclic) bond motifs is 2. The molecule has 2 aliphatic carbocycles. The van der Waals surface area contributed by atoms with Gasteiger partial charge in [0.2, 0.25) is 0 Å². The third kappa shape index (κ3) is 4.21. The van der Waals surface area contributed by atoms with Gasteiger partial charge in [-0.2, -0.15) is 0 Å². The molecule has 3 atom stereocenters. The highest BCUT2D eigenvalue weighted by Gasteiger charge is 2.38. The second-order valence-electron chi connectivity index (χ2n) is 8.75. The number of rotatable bonds is 4. The maximum Gasteiger partial charge on any atom is 0.0595 e. The zero-order valence-corrected chi connectivity index (χ0v) is 13.8. The molecule has 0 spiro atoms. The second kappa shape index (κ2) is 5.76. The summed E-state index contributed by atoms with van der Waals surface area (Å²) in [6.07, 6.45) is 10.5. The van der Waals surface area contributed by atoms with Crippen LogP contribution in [0.25, 0.3) is 0 Å². The molecule has 2 rings (SSSR count). The first-order valence-electron chi connectivity index (χ1n) is 8.40. The van der Waals surface area contributed by atoms with Gasteiger partial charge in [-0.3, -0.25) is 0 Å². The van der Waals surface area contributed by atoms with E-state index < -0.39 is 0 Å². The van der Waals surface area contributed by atoms with Gasteiger partial charge in [0.15, 0.2) is 0 Å². The smallest absolute Gasteiger partial charge is 0.0595 e. The van der Waals surface area contributed by atoms with Crippen LogP contribution in [0, 0.1) is 22.7 Å². The Balaban J connectivity index is 1.79. The Bertz CT molecular complexity index is 277. The van der Waals surface area contributed by atoms with Crippen molar-refractivity contribution in [1.82, 2.24) is 0 Å². The van der Waals surface area contributed by atoms with E-state index in [2.05, 4.69) is 34.6 Å². The van der Waals surface area contributed by atoms with Crippen molar-refractivity contribution in [2.75, 3.05) is 6.61 Å². The Morgan fingerprint density at radius 3 is 2.26 bits per heavy atom. The molecule has 0 radical (unpaired) electrons. The molecule has 0 aliphatic heterocycles. The number of ether oxygens (including phenoxy) is 1. The largest absolute Gasteiger partial charge is 0.378 e. The van der Waals surface area contributed by atoms with Gasteiger partial charge in [0.25, 0.3) is 0 Å². The molecule has 0 aromatic carbocycles. The van der Waals surface area contributed by atoms with Crippen LogP contribution in [-0.2, 0) is 4.74 Å². The van der Waals surface area contributed by atoms with Crippen molar-refractivity contribution in [3.8, 4) is 0 Å². The molecule has 19 heavy (non-hydrogen) atoms. The molecule has 2 fully saturated rings. The van der Waals surface area contributed by atoms with E-state index in [1.807, 2.05) is 0 Å². The summed E-state index contributed by atoms with van der Waals surface area (Å²) < 4.78 is 6.10. The van der Waals surface area contributed by atoms with E-state index in [9.17, 15) is 0 Å². The topological polar surface area (TPSA) is 9.23 Å². The van der Waals surface area contributed by atoms with Crippen LogP contribution in [0.1, 0.15) is 79.6 Å². The molecule has 2 bridgehead atoms. The quantitative estimate of drug-likeness (QED) is 0.659. The summed E-state index contributed by atoms with van der Waals surface area (Å²) in [6, 6.07) is 0. The molecule has 3 unspecified atom stereocenters. The van der Waals surface area contributed by atoms with Crippen LogP contribution in [0.3, 0.4) is 0 Å². The first kappa shape index (κ1) is 15.4. The van der Waals surface area contributed by atoms with Gasteiger partial charge in [0.05, 0.1) is 6.10 Å². The van der Waals surface area contributed by atoms with Crippen LogP contribution in [0.5, 0.6) is 0 Å².